The zero-order chi connectivity index (χ0) is 79.9. The second-order valence-electron chi connectivity index (χ2n) is 26.7. The maximum Gasteiger partial charge on any atom is 0.380 e. The lowest BCUT2D eigenvalue weighted by atomic mass is 10.1. The van der Waals surface area contributed by atoms with Crippen molar-refractivity contribution in [1.82, 2.24) is 28.7 Å². The topological polar surface area (TPSA) is 397 Å². The van der Waals surface area contributed by atoms with Gasteiger partial charge in [-0.3, -0.25) is 41.7 Å². The van der Waals surface area contributed by atoms with Gasteiger partial charge in [0.05, 0.1) is 74.4 Å². The summed E-state index contributed by atoms with van der Waals surface area (Å²) in [5, 5.41) is 63.8. The Labute approximate surface area is 655 Å². The second kappa shape index (κ2) is 40.1. The molecule has 3 aliphatic rings. The number of carbonyl (C=O) groups excluding carboxylic acids is 3. The van der Waals surface area contributed by atoms with Crippen LogP contribution in [0.15, 0.2) is 110 Å². The minimum atomic E-state index is -3.93. The van der Waals surface area contributed by atoms with Crippen molar-refractivity contribution in [2.45, 2.75) is 175 Å². The highest BCUT2D eigenvalue weighted by atomic mass is 32.1. The van der Waals surface area contributed by atoms with E-state index in [0.29, 0.717) is 30.6 Å². The van der Waals surface area contributed by atoms with Crippen molar-refractivity contribution in [1.29, 1.82) is 0 Å². The summed E-state index contributed by atoms with van der Waals surface area (Å²) in [6.45, 7) is 19.2. The molecule has 6 heterocycles. The van der Waals surface area contributed by atoms with E-state index in [4.69, 9.17) is 129 Å². The van der Waals surface area contributed by atoms with Gasteiger partial charge in [0.1, 0.15) is 86.1 Å². The van der Waals surface area contributed by atoms with Crippen molar-refractivity contribution in [3.05, 3.63) is 155 Å². The van der Waals surface area contributed by atoms with Crippen LogP contribution in [0.3, 0.4) is 0 Å². The molecule has 3 aliphatic heterocycles. The van der Waals surface area contributed by atoms with Crippen LogP contribution in [0.5, 0.6) is 17.2 Å². The van der Waals surface area contributed by atoms with E-state index in [2.05, 4.69) is 15.0 Å². The molecule has 594 valence electrons. The van der Waals surface area contributed by atoms with E-state index in [-0.39, 0.29) is 88.2 Å². The van der Waals surface area contributed by atoms with E-state index in [0.717, 1.165) is 0 Å². The van der Waals surface area contributed by atoms with Crippen LogP contribution in [-0.4, -0.2) is 189 Å². The van der Waals surface area contributed by atoms with Crippen molar-refractivity contribution in [2.24, 2.45) is 17.8 Å². The van der Waals surface area contributed by atoms with E-state index >= 15 is 0 Å². The number of rotatable bonds is 30. The average molecular weight is 1680 g/mol. The number of ether oxygens (including phenoxy) is 6. The quantitative estimate of drug-likeness (QED) is 0.00875. The zero-order valence-electron chi connectivity index (χ0n) is 61.2. The lowest BCUT2D eigenvalue weighted by Crippen LogP contribution is -2.34. The highest BCUT2D eigenvalue weighted by Gasteiger charge is 2.49. The van der Waals surface area contributed by atoms with E-state index in [1.807, 2.05) is 0 Å². The summed E-state index contributed by atoms with van der Waals surface area (Å²) >= 11 is 31.4. The number of aromatic nitrogens is 6. The summed E-state index contributed by atoms with van der Waals surface area (Å²) in [5.74, 6) is -3.11. The molecule has 3 aromatic heterocycles. The van der Waals surface area contributed by atoms with Gasteiger partial charge in [0, 0.05) is 35.3 Å². The number of para-hydroxylation sites is 3. The third kappa shape index (κ3) is 25.1. The number of aliphatic hydroxyl groups excluding tert-OH is 6. The van der Waals surface area contributed by atoms with Crippen LogP contribution in [0, 0.1) is 66.8 Å². The van der Waals surface area contributed by atoms with Crippen molar-refractivity contribution < 1.29 is 114 Å². The second-order valence-corrected chi connectivity index (χ2v) is 35.2. The molecule has 3 saturated heterocycles. The van der Waals surface area contributed by atoms with Gasteiger partial charge < -0.3 is 87.6 Å². The number of nitrogens with one attached hydrogen (secondary N) is 3. The number of esters is 3. The summed E-state index contributed by atoms with van der Waals surface area (Å²) in [6.07, 6.45) is -11.3. The predicted molar refractivity (Wildman–Crippen MR) is 411 cm³/mol. The molecule has 0 amide bonds. The van der Waals surface area contributed by atoms with E-state index in [1.165, 1.54) is 13.7 Å². The summed E-state index contributed by atoms with van der Waals surface area (Å²) in [6, 6.07) is 25.2. The van der Waals surface area contributed by atoms with Crippen LogP contribution in [0.1, 0.15) is 97.7 Å². The van der Waals surface area contributed by atoms with Gasteiger partial charge in [0.15, 0.2) is 33.0 Å². The van der Waals surface area contributed by atoms with Crippen LogP contribution in [-0.2, 0) is 70.1 Å². The molecule has 108 heavy (non-hydrogen) atoms. The number of carbonyl (C=O) groups is 3. The molecule has 39 heteroatoms. The molecule has 9 rings (SSSR count). The van der Waals surface area contributed by atoms with Gasteiger partial charge in [-0.05, 0) is 135 Å². The first-order valence-electron chi connectivity index (χ1n) is 34.3. The van der Waals surface area contributed by atoms with Gasteiger partial charge in [-0.2, -0.15) is 0 Å². The summed E-state index contributed by atoms with van der Waals surface area (Å²) in [7, 11) is -11.8. The Morgan fingerprint density at radius 3 is 0.833 bits per heavy atom. The highest BCUT2D eigenvalue weighted by molar-refractivity contribution is 7.72. The summed E-state index contributed by atoms with van der Waals surface area (Å²) in [4.78, 5) is 45.6. The Morgan fingerprint density at radius 1 is 0.398 bits per heavy atom. The lowest BCUT2D eigenvalue weighted by molar-refractivity contribution is -0.152. The maximum absolute atomic E-state index is 13.7. The maximum atomic E-state index is 13.7. The lowest BCUT2D eigenvalue weighted by Gasteiger charge is -2.24. The monoisotopic (exact) mass is 1670 g/mol. The molecule has 3 fully saturated rings. The largest absolute Gasteiger partial charge is 0.463 e. The molecular weight excluding hydrogens is 1580 g/mol. The molecule has 0 saturated carbocycles. The third-order valence-electron chi connectivity index (χ3n) is 16.3. The standard InChI is InChI=1S/3C23H31N2O8PS2/c3*1-13(2)31-22(28)15(4)12-34(29,33-16-8-6-5-7-9-16)30-11-17-18(26)19(27)21(32-17)25-10-14(3)20(35)24-23(25)36/h3*5-10,13,15,17-19,21,26-27H,11-12H2,1-4H3,(H,24,35,36)/t15-,17+,18?,19-,21+,34?;15-,17+,18?,19-,21+,34+;15-,17+,18?,19-,21+,34-/m111/s1. The third-order valence-corrected chi connectivity index (χ3v) is 24.6. The first-order chi connectivity index (χ1) is 50.7. The Morgan fingerprint density at radius 2 is 0.620 bits per heavy atom. The molecule has 3 aromatic carbocycles. The van der Waals surface area contributed by atoms with Gasteiger partial charge in [-0.1, -0.05) is 112 Å². The fourth-order valence-electron chi connectivity index (χ4n) is 10.7. The Kier molecular flexibility index (Phi) is 33.2. The van der Waals surface area contributed by atoms with Crippen molar-refractivity contribution in [2.75, 3.05) is 38.3 Å². The van der Waals surface area contributed by atoms with Crippen LogP contribution >= 0.6 is 96.1 Å². The smallest absolute Gasteiger partial charge is 0.380 e. The molecule has 4 unspecified atom stereocenters. The number of aryl methyl sites for hydroxylation is 3. The summed E-state index contributed by atoms with van der Waals surface area (Å²) < 4.78 is 115. The first-order valence-corrected chi connectivity index (χ1v) is 41.9. The molecule has 6 aromatic rings. The van der Waals surface area contributed by atoms with Crippen molar-refractivity contribution >= 4 is 114 Å². The SMILES string of the molecule is Cc1cn([C@H]2O[C@@H](COP(=O)(C[C@@H](C)C(=O)OC(C)C)Oc3ccccc3)C(O)[C@H]2O)c(=S)[nH]c1=S.Cc1cn([C@H]2O[C@@H](CO[P@@](=O)(C[C@@H](C)C(=O)OC(C)C)Oc3ccccc3)C(O)[C@H]2O)c(=S)[nH]c1=S.Cc1cn([C@H]2O[C@@H](CO[P@](=O)(C[C@@H](C)C(=O)OC(C)C)Oc3ccccc3)C(O)[C@H]2O)c(=S)[nH]c1=S. The Balaban J connectivity index is 0.000000226. The van der Waals surface area contributed by atoms with Gasteiger partial charge in [0.25, 0.3) is 0 Å². The number of hydrogen-bond acceptors (Lipinski definition) is 30. The molecule has 18 atom stereocenters. The minimum absolute atomic E-state index is 0.207. The van der Waals surface area contributed by atoms with E-state index in [1.54, 1.807) is 193 Å². The molecule has 9 N–H and O–H groups in total. The molecule has 0 radical (unpaired) electrons. The molecule has 0 bridgehead atoms. The van der Waals surface area contributed by atoms with Crippen LogP contribution < -0.4 is 13.6 Å². The van der Waals surface area contributed by atoms with Crippen LogP contribution in [0.2, 0.25) is 0 Å². The fraction of sp³-hybridized carbons (Fsp3) is 0.522. The van der Waals surface area contributed by atoms with Crippen molar-refractivity contribution in [3.8, 4) is 17.2 Å². The zero-order valence-corrected chi connectivity index (χ0v) is 68.8. The number of benzene rings is 3. The highest BCUT2D eigenvalue weighted by Crippen LogP contribution is 2.54. The predicted octanol–water partition coefficient (Wildman–Crippen LogP) is 12.2. The number of aliphatic hydroxyl groups is 6. The number of aromatic amines is 3. The van der Waals surface area contributed by atoms with E-state index in [9.17, 15) is 58.7 Å². The molecule has 0 aliphatic carbocycles. The summed E-state index contributed by atoms with van der Waals surface area (Å²) in [5.41, 5.74) is 2.10. The Hall–Kier alpha value is -5.76. The normalized spacial score (nSPS) is 24.3. The van der Waals surface area contributed by atoms with Crippen LogP contribution in [0.25, 0.3) is 0 Å². The molecule has 0 spiro atoms. The first kappa shape index (κ1) is 89.4. The number of H-pyrrole nitrogens is 3. The molecule has 30 nitrogen and oxygen atoms in total. The fourth-order valence-corrected chi connectivity index (χ4v) is 17.8. The average Bonchev–Trinajstić information content (AvgIpc) is 1.65. The van der Waals surface area contributed by atoms with E-state index < -0.39 is 132 Å². The van der Waals surface area contributed by atoms with Gasteiger partial charge in [-0.25, -0.2) is 13.7 Å². The van der Waals surface area contributed by atoms with Crippen LogP contribution in [0.4, 0.5) is 0 Å². The molecular formula is C69H93N6O24P3S6. The van der Waals surface area contributed by atoms with Gasteiger partial charge in [0.2, 0.25) is 0 Å². The minimum Gasteiger partial charge on any atom is -0.463 e. The van der Waals surface area contributed by atoms with Gasteiger partial charge in [-0.15, -0.1) is 0 Å². The Bertz CT molecular complexity index is 4110. The number of hydrogen-bond donors (Lipinski definition) is 9. The number of nitrogens with zero attached hydrogens (tertiary/aromatic N) is 3. The van der Waals surface area contributed by atoms with Gasteiger partial charge >= 0.3 is 40.7 Å². The van der Waals surface area contributed by atoms with Crippen molar-refractivity contribution in [3.63, 3.8) is 0 Å².